The SMILES string of the molecule is CC(=O)Nc1ccc(Oc2nc(Cl)cc(Cl)n2)cc1. The summed E-state index contributed by atoms with van der Waals surface area (Å²) >= 11 is 11.5. The Hall–Kier alpha value is -1.85. The Labute approximate surface area is 119 Å². The number of rotatable bonds is 3. The Kier molecular flexibility index (Phi) is 4.19. The molecule has 2 aromatic rings. The molecule has 2 rings (SSSR count). The number of ether oxygens (including phenoxy) is 1. The Morgan fingerprint density at radius 3 is 2.26 bits per heavy atom. The second-order valence-corrected chi connectivity index (χ2v) is 4.38. The average Bonchev–Trinajstić information content (AvgIpc) is 2.29. The molecule has 0 saturated carbocycles. The third-order valence-corrected chi connectivity index (χ3v) is 2.41. The molecule has 0 spiro atoms. The van der Waals surface area contributed by atoms with Crippen molar-refractivity contribution in [2.24, 2.45) is 0 Å². The van der Waals surface area contributed by atoms with Crippen molar-refractivity contribution in [3.05, 3.63) is 40.6 Å². The highest BCUT2D eigenvalue weighted by atomic mass is 35.5. The number of nitrogens with zero attached hydrogens (tertiary/aromatic N) is 2. The van der Waals surface area contributed by atoms with Gasteiger partial charge in [0, 0.05) is 18.7 Å². The molecule has 98 valence electrons. The minimum Gasteiger partial charge on any atom is -0.424 e. The molecule has 0 aliphatic heterocycles. The predicted molar refractivity (Wildman–Crippen MR) is 72.9 cm³/mol. The second kappa shape index (κ2) is 5.86. The largest absolute Gasteiger partial charge is 0.424 e. The van der Waals surface area contributed by atoms with E-state index in [0.29, 0.717) is 11.4 Å². The average molecular weight is 298 g/mol. The molecule has 0 atom stereocenters. The minimum atomic E-state index is -0.140. The first-order valence-electron chi connectivity index (χ1n) is 5.28. The van der Waals surface area contributed by atoms with Gasteiger partial charge in [-0.15, -0.1) is 0 Å². The fraction of sp³-hybridized carbons (Fsp3) is 0.0833. The van der Waals surface area contributed by atoms with E-state index in [1.807, 2.05) is 0 Å². The molecule has 0 bridgehead atoms. The summed E-state index contributed by atoms with van der Waals surface area (Å²) in [5.74, 6) is 0.367. The zero-order valence-corrected chi connectivity index (χ0v) is 11.4. The van der Waals surface area contributed by atoms with Gasteiger partial charge in [0.05, 0.1) is 0 Å². The number of amides is 1. The van der Waals surface area contributed by atoms with Crippen LogP contribution in [-0.4, -0.2) is 15.9 Å². The number of hydrogen-bond acceptors (Lipinski definition) is 4. The number of carbonyl (C=O) groups excluding carboxylic acids is 1. The summed E-state index contributed by atoms with van der Waals surface area (Å²) in [6.45, 7) is 1.44. The summed E-state index contributed by atoms with van der Waals surface area (Å²) in [5.41, 5.74) is 0.671. The van der Waals surface area contributed by atoms with Gasteiger partial charge in [0.15, 0.2) is 0 Å². The zero-order chi connectivity index (χ0) is 13.8. The number of nitrogens with one attached hydrogen (secondary N) is 1. The minimum absolute atomic E-state index is 0.0600. The number of anilines is 1. The summed E-state index contributed by atoms with van der Waals surface area (Å²) in [6, 6.07) is 8.21. The Bertz CT molecular complexity index is 582. The first-order valence-corrected chi connectivity index (χ1v) is 6.04. The highest BCUT2D eigenvalue weighted by Crippen LogP contribution is 2.23. The smallest absolute Gasteiger partial charge is 0.324 e. The molecular formula is C12H9Cl2N3O2. The molecule has 1 N–H and O–H groups in total. The maximum absolute atomic E-state index is 10.9. The van der Waals surface area contributed by atoms with Crippen LogP contribution >= 0.6 is 23.2 Å². The quantitative estimate of drug-likeness (QED) is 0.880. The van der Waals surface area contributed by atoms with Gasteiger partial charge >= 0.3 is 6.01 Å². The van der Waals surface area contributed by atoms with Crippen LogP contribution in [0.1, 0.15) is 6.92 Å². The van der Waals surface area contributed by atoms with Gasteiger partial charge in [0.25, 0.3) is 0 Å². The van der Waals surface area contributed by atoms with Gasteiger partial charge in [0.2, 0.25) is 5.91 Å². The summed E-state index contributed by atoms with van der Waals surface area (Å²) in [4.78, 5) is 18.6. The van der Waals surface area contributed by atoms with Crippen LogP contribution in [0.2, 0.25) is 10.3 Å². The molecule has 7 heteroatoms. The van der Waals surface area contributed by atoms with E-state index in [0.717, 1.165) is 0 Å². The third-order valence-electron chi connectivity index (χ3n) is 2.03. The van der Waals surface area contributed by atoms with Gasteiger partial charge in [-0.2, -0.15) is 9.97 Å². The highest BCUT2D eigenvalue weighted by molar-refractivity contribution is 6.33. The van der Waals surface area contributed by atoms with Gasteiger partial charge in [-0.1, -0.05) is 23.2 Å². The molecule has 0 radical (unpaired) electrons. The van der Waals surface area contributed by atoms with Crippen LogP contribution in [-0.2, 0) is 4.79 Å². The van der Waals surface area contributed by atoms with Crippen LogP contribution < -0.4 is 10.1 Å². The fourth-order valence-corrected chi connectivity index (χ4v) is 1.74. The van der Waals surface area contributed by atoms with Gasteiger partial charge in [-0.05, 0) is 24.3 Å². The van der Waals surface area contributed by atoms with Crippen molar-refractivity contribution >= 4 is 34.8 Å². The van der Waals surface area contributed by atoms with Crippen molar-refractivity contribution in [1.82, 2.24) is 9.97 Å². The first kappa shape index (κ1) is 13.6. The molecule has 1 aromatic carbocycles. The molecule has 0 unspecified atom stereocenters. The van der Waals surface area contributed by atoms with Crippen LogP contribution in [0.15, 0.2) is 30.3 Å². The Morgan fingerprint density at radius 2 is 1.74 bits per heavy atom. The summed E-state index contributed by atoms with van der Waals surface area (Å²) in [7, 11) is 0. The van der Waals surface area contributed by atoms with Crippen LogP contribution in [0.4, 0.5) is 5.69 Å². The van der Waals surface area contributed by atoms with Gasteiger partial charge in [0.1, 0.15) is 16.1 Å². The maximum Gasteiger partial charge on any atom is 0.324 e. The van der Waals surface area contributed by atoms with E-state index in [-0.39, 0.29) is 22.2 Å². The number of aromatic nitrogens is 2. The lowest BCUT2D eigenvalue weighted by Gasteiger charge is -2.06. The summed E-state index contributed by atoms with van der Waals surface area (Å²) in [5, 5.41) is 3.04. The van der Waals surface area contributed by atoms with E-state index in [4.69, 9.17) is 27.9 Å². The third kappa shape index (κ3) is 4.08. The summed E-state index contributed by atoms with van der Waals surface area (Å²) < 4.78 is 5.40. The second-order valence-electron chi connectivity index (χ2n) is 3.60. The molecule has 19 heavy (non-hydrogen) atoms. The molecule has 1 aromatic heterocycles. The lowest BCUT2D eigenvalue weighted by molar-refractivity contribution is -0.114. The number of hydrogen-bond donors (Lipinski definition) is 1. The zero-order valence-electron chi connectivity index (χ0n) is 9.85. The Morgan fingerprint density at radius 1 is 1.16 bits per heavy atom. The predicted octanol–water partition coefficient (Wildman–Crippen LogP) is 3.53. The fourth-order valence-electron chi connectivity index (χ4n) is 1.33. The number of carbonyl (C=O) groups is 1. The van der Waals surface area contributed by atoms with E-state index in [9.17, 15) is 4.79 Å². The van der Waals surface area contributed by atoms with Crippen LogP contribution in [0.3, 0.4) is 0 Å². The van der Waals surface area contributed by atoms with E-state index >= 15 is 0 Å². The van der Waals surface area contributed by atoms with Crippen molar-refractivity contribution in [1.29, 1.82) is 0 Å². The van der Waals surface area contributed by atoms with Crippen molar-refractivity contribution in [2.75, 3.05) is 5.32 Å². The van der Waals surface area contributed by atoms with E-state index < -0.39 is 0 Å². The molecule has 0 aliphatic carbocycles. The van der Waals surface area contributed by atoms with Crippen LogP contribution in [0.5, 0.6) is 11.8 Å². The maximum atomic E-state index is 10.9. The van der Waals surface area contributed by atoms with Crippen molar-refractivity contribution in [3.63, 3.8) is 0 Å². The normalized spacial score (nSPS) is 10.1. The molecule has 5 nitrogen and oxygen atoms in total. The van der Waals surface area contributed by atoms with Crippen LogP contribution in [0, 0.1) is 0 Å². The Balaban J connectivity index is 2.12. The van der Waals surface area contributed by atoms with E-state index in [1.54, 1.807) is 24.3 Å². The monoisotopic (exact) mass is 297 g/mol. The standard InChI is InChI=1S/C12H9Cl2N3O2/c1-7(18)15-8-2-4-9(5-3-8)19-12-16-10(13)6-11(14)17-12/h2-6H,1H3,(H,15,18). The topological polar surface area (TPSA) is 64.1 Å². The first-order chi connectivity index (χ1) is 9.02. The molecule has 0 aliphatic rings. The molecule has 1 heterocycles. The highest BCUT2D eigenvalue weighted by Gasteiger charge is 2.04. The lowest BCUT2D eigenvalue weighted by atomic mass is 10.3. The molecule has 1 amide bonds. The van der Waals surface area contributed by atoms with E-state index in [2.05, 4.69) is 15.3 Å². The molecule has 0 saturated heterocycles. The molecule has 0 fully saturated rings. The summed E-state index contributed by atoms with van der Waals surface area (Å²) in [6.07, 6.45) is 0. The molecular weight excluding hydrogens is 289 g/mol. The van der Waals surface area contributed by atoms with Gasteiger partial charge in [-0.3, -0.25) is 4.79 Å². The van der Waals surface area contributed by atoms with Crippen molar-refractivity contribution < 1.29 is 9.53 Å². The van der Waals surface area contributed by atoms with Crippen molar-refractivity contribution in [2.45, 2.75) is 6.92 Å². The van der Waals surface area contributed by atoms with E-state index in [1.165, 1.54) is 13.0 Å². The van der Waals surface area contributed by atoms with Crippen LogP contribution in [0.25, 0.3) is 0 Å². The van der Waals surface area contributed by atoms with Gasteiger partial charge < -0.3 is 10.1 Å². The number of halogens is 2. The lowest BCUT2D eigenvalue weighted by Crippen LogP contribution is -2.05. The van der Waals surface area contributed by atoms with Crippen molar-refractivity contribution in [3.8, 4) is 11.8 Å². The number of benzene rings is 1. The van der Waals surface area contributed by atoms with Gasteiger partial charge in [-0.25, -0.2) is 0 Å².